The molecule has 2 N–H and O–H groups in total. The smallest absolute Gasteiger partial charge is 0.217 e. The highest BCUT2D eigenvalue weighted by Crippen LogP contribution is 2.21. The zero-order valence-corrected chi connectivity index (χ0v) is 11.1. The van der Waals surface area contributed by atoms with Crippen molar-refractivity contribution in [3.05, 3.63) is 29.0 Å². The summed E-state index contributed by atoms with van der Waals surface area (Å²) >= 11 is 5.93. The van der Waals surface area contributed by atoms with Gasteiger partial charge < -0.3 is 5.73 Å². The lowest BCUT2D eigenvalue weighted by Gasteiger charge is -2.31. The fourth-order valence-corrected chi connectivity index (χ4v) is 2.58. The number of likely N-dealkylation sites (tertiary alicyclic amines) is 1. The standard InChI is InChI=1S/C13H18ClN3O/c14-11-1-4-16-12(8-11)9-17-5-2-10(3-6-17)7-13(15)18/h1,4,8,10H,2-3,5-7,9H2,(H2,15,18). The molecule has 0 atom stereocenters. The molecule has 18 heavy (non-hydrogen) atoms. The lowest BCUT2D eigenvalue weighted by atomic mass is 9.93. The molecule has 0 unspecified atom stereocenters. The maximum absolute atomic E-state index is 10.9. The number of rotatable bonds is 4. The van der Waals surface area contributed by atoms with Gasteiger partial charge in [0.2, 0.25) is 5.91 Å². The summed E-state index contributed by atoms with van der Waals surface area (Å²) in [5, 5.41) is 0.726. The molecule has 1 fully saturated rings. The summed E-state index contributed by atoms with van der Waals surface area (Å²) in [5.74, 6) is 0.260. The SMILES string of the molecule is NC(=O)CC1CCN(Cc2cc(Cl)ccn2)CC1. The molecule has 1 aliphatic rings. The van der Waals surface area contributed by atoms with Crippen LogP contribution in [-0.2, 0) is 11.3 Å². The molecule has 0 bridgehead atoms. The van der Waals surface area contributed by atoms with Gasteiger partial charge in [-0.2, -0.15) is 0 Å². The lowest BCUT2D eigenvalue weighted by molar-refractivity contribution is -0.119. The summed E-state index contributed by atoms with van der Waals surface area (Å²) in [4.78, 5) is 17.5. The Balaban J connectivity index is 1.81. The number of amides is 1. The van der Waals surface area contributed by atoms with Crippen molar-refractivity contribution < 1.29 is 4.79 Å². The summed E-state index contributed by atoms with van der Waals surface area (Å²) in [6.45, 7) is 2.81. The van der Waals surface area contributed by atoms with Gasteiger partial charge in [0, 0.05) is 24.2 Å². The van der Waals surface area contributed by atoms with Crippen LogP contribution in [0, 0.1) is 5.92 Å². The van der Waals surface area contributed by atoms with Gasteiger partial charge in [0.1, 0.15) is 0 Å². The molecule has 4 nitrogen and oxygen atoms in total. The number of pyridine rings is 1. The van der Waals surface area contributed by atoms with Crippen LogP contribution in [0.1, 0.15) is 25.0 Å². The van der Waals surface area contributed by atoms with Gasteiger partial charge in [-0.15, -0.1) is 0 Å². The molecule has 1 saturated heterocycles. The number of piperidine rings is 1. The van der Waals surface area contributed by atoms with Crippen molar-refractivity contribution in [2.45, 2.75) is 25.8 Å². The molecule has 0 radical (unpaired) electrons. The Morgan fingerprint density at radius 2 is 2.22 bits per heavy atom. The average molecular weight is 268 g/mol. The van der Waals surface area contributed by atoms with E-state index in [0.29, 0.717) is 12.3 Å². The van der Waals surface area contributed by atoms with Crippen molar-refractivity contribution in [2.24, 2.45) is 11.7 Å². The molecule has 0 aromatic carbocycles. The van der Waals surface area contributed by atoms with Gasteiger partial charge in [-0.1, -0.05) is 11.6 Å². The van der Waals surface area contributed by atoms with Gasteiger partial charge in [-0.05, 0) is 44.0 Å². The highest BCUT2D eigenvalue weighted by Gasteiger charge is 2.20. The van der Waals surface area contributed by atoms with Crippen LogP contribution >= 0.6 is 11.6 Å². The molecule has 1 aromatic rings. The van der Waals surface area contributed by atoms with E-state index in [0.717, 1.165) is 43.2 Å². The Bertz CT molecular complexity index is 416. The molecule has 1 amide bonds. The van der Waals surface area contributed by atoms with Crippen LogP contribution < -0.4 is 5.73 Å². The number of aromatic nitrogens is 1. The molecule has 2 rings (SSSR count). The van der Waals surface area contributed by atoms with Crippen LogP contribution in [-0.4, -0.2) is 28.9 Å². The van der Waals surface area contributed by atoms with Crippen LogP contribution in [0.2, 0.25) is 5.02 Å². The van der Waals surface area contributed by atoms with E-state index in [4.69, 9.17) is 17.3 Å². The van der Waals surface area contributed by atoms with Gasteiger partial charge in [0.05, 0.1) is 5.69 Å². The van der Waals surface area contributed by atoms with Crippen LogP contribution in [0.25, 0.3) is 0 Å². The van der Waals surface area contributed by atoms with Gasteiger partial charge in [0.25, 0.3) is 0 Å². The van der Waals surface area contributed by atoms with Gasteiger partial charge in [-0.25, -0.2) is 0 Å². The topological polar surface area (TPSA) is 59.2 Å². The Morgan fingerprint density at radius 1 is 1.50 bits per heavy atom. The Kier molecular flexibility index (Phi) is 4.55. The summed E-state index contributed by atoms with van der Waals surface area (Å²) in [6.07, 6.45) is 4.31. The molecule has 2 heterocycles. The minimum atomic E-state index is -0.190. The predicted octanol–water partition coefficient (Wildman–Crippen LogP) is 1.82. The number of carbonyl (C=O) groups is 1. The normalized spacial score (nSPS) is 17.8. The van der Waals surface area contributed by atoms with E-state index in [9.17, 15) is 4.79 Å². The van der Waals surface area contributed by atoms with E-state index < -0.39 is 0 Å². The number of hydrogen-bond acceptors (Lipinski definition) is 3. The lowest BCUT2D eigenvalue weighted by Crippen LogP contribution is -2.34. The second-order valence-electron chi connectivity index (χ2n) is 4.86. The monoisotopic (exact) mass is 267 g/mol. The van der Waals surface area contributed by atoms with E-state index in [1.807, 2.05) is 6.07 Å². The van der Waals surface area contributed by atoms with Crippen molar-refractivity contribution in [2.75, 3.05) is 13.1 Å². The molecule has 5 heteroatoms. The number of nitrogens with zero attached hydrogens (tertiary/aromatic N) is 2. The molecule has 0 spiro atoms. The van der Waals surface area contributed by atoms with E-state index in [2.05, 4.69) is 9.88 Å². The molecular weight excluding hydrogens is 250 g/mol. The maximum atomic E-state index is 10.9. The Hall–Kier alpha value is -1.13. The molecule has 0 aliphatic carbocycles. The van der Waals surface area contributed by atoms with Crippen molar-refractivity contribution in [3.8, 4) is 0 Å². The second kappa shape index (κ2) is 6.16. The highest BCUT2D eigenvalue weighted by atomic mass is 35.5. The number of halogens is 1. The van der Waals surface area contributed by atoms with Gasteiger partial charge in [-0.3, -0.25) is 14.7 Å². The molecule has 98 valence electrons. The molecule has 1 aromatic heterocycles. The quantitative estimate of drug-likeness (QED) is 0.905. The minimum absolute atomic E-state index is 0.190. The van der Waals surface area contributed by atoms with Crippen molar-refractivity contribution in [3.63, 3.8) is 0 Å². The fourth-order valence-electron chi connectivity index (χ4n) is 2.40. The summed E-state index contributed by atoms with van der Waals surface area (Å²) in [5.41, 5.74) is 6.22. The fraction of sp³-hybridized carbons (Fsp3) is 0.538. The van der Waals surface area contributed by atoms with E-state index in [-0.39, 0.29) is 5.91 Å². The van der Waals surface area contributed by atoms with Crippen LogP contribution in [0.15, 0.2) is 18.3 Å². The third-order valence-electron chi connectivity index (χ3n) is 3.36. The van der Waals surface area contributed by atoms with Crippen LogP contribution in [0.4, 0.5) is 0 Å². The first-order valence-electron chi connectivity index (χ1n) is 6.24. The predicted molar refractivity (Wildman–Crippen MR) is 71.1 cm³/mol. The molecule has 1 aliphatic heterocycles. The maximum Gasteiger partial charge on any atom is 0.217 e. The largest absolute Gasteiger partial charge is 0.370 e. The third-order valence-corrected chi connectivity index (χ3v) is 3.60. The van der Waals surface area contributed by atoms with Crippen molar-refractivity contribution in [1.82, 2.24) is 9.88 Å². The highest BCUT2D eigenvalue weighted by molar-refractivity contribution is 6.30. The summed E-state index contributed by atoms with van der Waals surface area (Å²) in [7, 11) is 0. The number of primary amides is 1. The minimum Gasteiger partial charge on any atom is -0.370 e. The first-order valence-corrected chi connectivity index (χ1v) is 6.62. The van der Waals surface area contributed by atoms with Gasteiger partial charge in [0.15, 0.2) is 0 Å². The number of hydrogen-bond donors (Lipinski definition) is 1. The Labute approximate surface area is 112 Å². The van der Waals surface area contributed by atoms with Crippen LogP contribution in [0.5, 0.6) is 0 Å². The first-order chi connectivity index (χ1) is 8.63. The van der Waals surface area contributed by atoms with Crippen molar-refractivity contribution in [1.29, 1.82) is 0 Å². The summed E-state index contributed by atoms with van der Waals surface area (Å²) < 4.78 is 0. The van der Waals surface area contributed by atoms with E-state index >= 15 is 0 Å². The molecular formula is C13H18ClN3O. The van der Waals surface area contributed by atoms with Crippen molar-refractivity contribution >= 4 is 17.5 Å². The summed E-state index contributed by atoms with van der Waals surface area (Å²) in [6, 6.07) is 3.68. The van der Waals surface area contributed by atoms with Gasteiger partial charge >= 0.3 is 0 Å². The Morgan fingerprint density at radius 3 is 2.83 bits per heavy atom. The number of carbonyl (C=O) groups excluding carboxylic acids is 1. The zero-order valence-electron chi connectivity index (χ0n) is 10.3. The second-order valence-corrected chi connectivity index (χ2v) is 5.29. The number of nitrogens with two attached hydrogens (primary N) is 1. The molecule has 0 saturated carbocycles. The van der Waals surface area contributed by atoms with E-state index in [1.54, 1.807) is 12.3 Å². The first kappa shape index (κ1) is 13.3. The zero-order chi connectivity index (χ0) is 13.0. The van der Waals surface area contributed by atoms with Crippen LogP contribution in [0.3, 0.4) is 0 Å². The van der Waals surface area contributed by atoms with E-state index in [1.165, 1.54) is 0 Å². The average Bonchev–Trinajstić information content (AvgIpc) is 2.31. The third kappa shape index (κ3) is 3.96.